The third-order valence-electron chi connectivity index (χ3n) is 3.59. The zero-order chi connectivity index (χ0) is 14.8. The SMILES string of the molecule is COC(=O)c1ccc(CN2CCn3cnnc3C2)c(Br)c1. The van der Waals surface area contributed by atoms with Crippen LogP contribution < -0.4 is 0 Å². The second kappa shape index (κ2) is 5.95. The van der Waals surface area contributed by atoms with E-state index in [1.54, 1.807) is 18.5 Å². The third-order valence-corrected chi connectivity index (χ3v) is 4.32. The van der Waals surface area contributed by atoms with Gasteiger partial charge in [0.2, 0.25) is 0 Å². The van der Waals surface area contributed by atoms with Gasteiger partial charge in [0.25, 0.3) is 0 Å². The summed E-state index contributed by atoms with van der Waals surface area (Å²) in [6.45, 7) is 3.44. The number of ether oxygens (including phenoxy) is 1. The van der Waals surface area contributed by atoms with E-state index in [1.165, 1.54) is 7.11 Å². The average Bonchev–Trinajstić information content (AvgIpc) is 2.96. The van der Waals surface area contributed by atoms with Crippen LogP contribution in [-0.4, -0.2) is 39.3 Å². The Morgan fingerprint density at radius 3 is 3.05 bits per heavy atom. The fourth-order valence-corrected chi connectivity index (χ4v) is 2.92. The Morgan fingerprint density at radius 1 is 1.43 bits per heavy atom. The molecule has 21 heavy (non-hydrogen) atoms. The molecule has 110 valence electrons. The number of aromatic nitrogens is 3. The molecule has 2 aromatic rings. The van der Waals surface area contributed by atoms with Crippen molar-refractivity contribution in [1.29, 1.82) is 0 Å². The molecule has 0 saturated heterocycles. The number of nitrogens with zero attached hydrogens (tertiary/aromatic N) is 4. The summed E-state index contributed by atoms with van der Waals surface area (Å²) in [5, 5.41) is 8.05. The van der Waals surface area contributed by atoms with Gasteiger partial charge in [0, 0.05) is 24.1 Å². The summed E-state index contributed by atoms with van der Waals surface area (Å²) in [6.07, 6.45) is 1.77. The molecule has 1 aromatic heterocycles. The molecule has 0 saturated carbocycles. The first kappa shape index (κ1) is 14.2. The van der Waals surface area contributed by atoms with Crippen LogP contribution in [0.1, 0.15) is 21.7 Å². The quantitative estimate of drug-likeness (QED) is 0.790. The van der Waals surface area contributed by atoms with Crippen LogP contribution in [0, 0.1) is 0 Å². The van der Waals surface area contributed by atoms with Gasteiger partial charge in [0.05, 0.1) is 19.2 Å². The van der Waals surface area contributed by atoms with Crippen LogP contribution in [0.4, 0.5) is 0 Å². The Kier molecular flexibility index (Phi) is 4.03. The highest BCUT2D eigenvalue weighted by molar-refractivity contribution is 9.10. The van der Waals surface area contributed by atoms with E-state index in [0.29, 0.717) is 5.56 Å². The van der Waals surface area contributed by atoms with Gasteiger partial charge in [-0.1, -0.05) is 22.0 Å². The van der Waals surface area contributed by atoms with E-state index >= 15 is 0 Å². The Hall–Kier alpha value is -1.73. The molecule has 6 nitrogen and oxygen atoms in total. The van der Waals surface area contributed by atoms with Crippen molar-refractivity contribution in [3.8, 4) is 0 Å². The number of halogens is 1. The van der Waals surface area contributed by atoms with E-state index in [2.05, 4.69) is 35.6 Å². The zero-order valence-electron chi connectivity index (χ0n) is 11.6. The number of methoxy groups -OCH3 is 1. The molecule has 0 unspecified atom stereocenters. The molecule has 0 bridgehead atoms. The number of benzene rings is 1. The van der Waals surface area contributed by atoms with Gasteiger partial charge in [-0.2, -0.15) is 0 Å². The first-order valence-corrected chi connectivity index (χ1v) is 7.42. The van der Waals surface area contributed by atoms with Crippen LogP contribution in [0.25, 0.3) is 0 Å². The highest BCUT2D eigenvalue weighted by Gasteiger charge is 2.18. The van der Waals surface area contributed by atoms with Crippen LogP contribution in [-0.2, 0) is 24.4 Å². The molecule has 0 radical (unpaired) electrons. The van der Waals surface area contributed by atoms with Gasteiger partial charge in [0.1, 0.15) is 12.2 Å². The molecule has 0 N–H and O–H groups in total. The fraction of sp³-hybridized carbons (Fsp3) is 0.357. The fourth-order valence-electron chi connectivity index (χ4n) is 2.41. The summed E-state index contributed by atoms with van der Waals surface area (Å²) in [5.74, 6) is 0.664. The molecule has 0 spiro atoms. The van der Waals surface area contributed by atoms with Crippen molar-refractivity contribution < 1.29 is 9.53 Å². The minimum absolute atomic E-state index is 0.326. The maximum absolute atomic E-state index is 11.5. The highest BCUT2D eigenvalue weighted by Crippen LogP contribution is 2.22. The van der Waals surface area contributed by atoms with Crippen LogP contribution >= 0.6 is 15.9 Å². The van der Waals surface area contributed by atoms with Crippen molar-refractivity contribution in [2.75, 3.05) is 13.7 Å². The summed E-state index contributed by atoms with van der Waals surface area (Å²) in [5.41, 5.74) is 1.68. The predicted octanol–water partition coefficient (Wildman–Crippen LogP) is 1.84. The maximum atomic E-state index is 11.5. The van der Waals surface area contributed by atoms with E-state index in [9.17, 15) is 4.79 Å². The number of fused-ring (bicyclic) bond motifs is 1. The van der Waals surface area contributed by atoms with Crippen LogP contribution in [0.15, 0.2) is 29.0 Å². The lowest BCUT2D eigenvalue weighted by atomic mass is 10.1. The second-order valence-electron chi connectivity index (χ2n) is 4.95. The Bertz CT molecular complexity index is 671. The van der Waals surface area contributed by atoms with Gasteiger partial charge in [-0.3, -0.25) is 4.90 Å². The number of carbonyl (C=O) groups is 1. The topological polar surface area (TPSA) is 60.2 Å². The second-order valence-corrected chi connectivity index (χ2v) is 5.80. The maximum Gasteiger partial charge on any atom is 0.337 e. The van der Waals surface area contributed by atoms with Crippen LogP contribution in [0.3, 0.4) is 0 Å². The van der Waals surface area contributed by atoms with Gasteiger partial charge >= 0.3 is 5.97 Å². The Labute approximate surface area is 130 Å². The van der Waals surface area contributed by atoms with Crippen molar-refractivity contribution in [1.82, 2.24) is 19.7 Å². The molecule has 0 aliphatic carbocycles. The zero-order valence-corrected chi connectivity index (χ0v) is 13.2. The minimum Gasteiger partial charge on any atom is -0.465 e. The lowest BCUT2D eigenvalue weighted by molar-refractivity contribution is 0.0600. The number of carbonyl (C=O) groups excluding carboxylic acids is 1. The van der Waals surface area contributed by atoms with Crippen LogP contribution in [0.5, 0.6) is 0 Å². The summed E-state index contributed by atoms with van der Waals surface area (Å²) in [7, 11) is 1.38. The van der Waals surface area contributed by atoms with E-state index < -0.39 is 0 Å². The molecular weight excluding hydrogens is 336 g/mol. The number of esters is 1. The number of hydrogen-bond acceptors (Lipinski definition) is 5. The van der Waals surface area contributed by atoms with Crippen molar-refractivity contribution >= 4 is 21.9 Å². The van der Waals surface area contributed by atoms with Crippen LogP contribution in [0.2, 0.25) is 0 Å². The molecular formula is C14H15BrN4O2. The van der Waals surface area contributed by atoms with Crippen molar-refractivity contribution in [2.45, 2.75) is 19.6 Å². The summed E-state index contributed by atoms with van der Waals surface area (Å²) < 4.78 is 7.71. The molecule has 3 rings (SSSR count). The first-order chi connectivity index (χ1) is 10.2. The third kappa shape index (κ3) is 2.98. The lowest BCUT2D eigenvalue weighted by Gasteiger charge is -2.27. The van der Waals surface area contributed by atoms with E-state index in [-0.39, 0.29) is 5.97 Å². The van der Waals surface area contributed by atoms with Crippen molar-refractivity contribution in [2.24, 2.45) is 0 Å². The lowest BCUT2D eigenvalue weighted by Crippen LogP contribution is -2.33. The average molecular weight is 351 g/mol. The normalized spacial score (nSPS) is 14.8. The summed E-state index contributed by atoms with van der Waals surface area (Å²) in [4.78, 5) is 13.8. The smallest absolute Gasteiger partial charge is 0.337 e. The molecule has 1 aliphatic rings. The van der Waals surface area contributed by atoms with E-state index in [1.807, 2.05) is 6.07 Å². The standard InChI is InChI=1S/C14H15BrN4O2/c1-21-14(20)10-2-3-11(12(15)6-10)7-18-4-5-19-9-16-17-13(19)8-18/h2-3,6,9H,4-5,7-8H2,1H3. The largest absolute Gasteiger partial charge is 0.465 e. The van der Waals surface area contributed by atoms with Crippen molar-refractivity contribution in [3.05, 3.63) is 46.0 Å². The van der Waals surface area contributed by atoms with Gasteiger partial charge < -0.3 is 9.30 Å². The Morgan fingerprint density at radius 2 is 2.29 bits per heavy atom. The molecule has 0 amide bonds. The van der Waals surface area contributed by atoms with Gasteiger partial charge in [-0.05, 0) is 17.7 Å². The predicted molar refractivity (Wildman–Crippen MR) is 79.6 cm³/mol. The Balaban J connectivity index is 1.72. The van der Waals surface area contributed by atoms with E-state index in [0.717, 1.165) is 42.0 Å². The molecule has 1 aliphatic heterocycles. The number of rotatable bonds is 3. The van der Waals surface area contributed by atoms with E-state index in [4.69, 9.17) is 4.74 Å². The molecule has 0 atom stereocenters. The molecule has 7 heteroatoms. The van der Waals surface area contributed by atoms with Crippen molar-refractivity contribution in [3.63, 3.8) is 0 Å². The minimum atomic E-state index is -0.326. The first-order valence-electron chi connectivity index (χ1n) is 6.63. The van der Waals surface area contributed by atoms with Gasteiger partial charge in [-0.15, -0.1) is 10.2 Å². The van der Waals surface area contributed by atoms with Gasteiger partial charge in [-0.25, -0.2) is 4.79 Å². The monoisotopic (exact) mass is 350 g/mol. The number of hydrogen-bond donors (Lipinski definition) is 0. The molecule has 1 aromatic carbocycles. The van der Waals surface area contributed by atoms with Gasteiger partial charge in [0.15, 0.2) is 0 Å². The summed E-state index contributed by atoms with van der Waals surface area (Å²) >= 11 is 3.53. The summed E-state index contributed by atoms with van der Waals surface area (Å²) in [6, 6.07) is 5.54. The molecule has 0 fully saturated rings. The molecule has 2 heterocycles. The highest BCUT2D eigenvalue weighted by atomic mass is 79.9.